The zero-order valence-corrected chi connectivity index (χ0v) is 14.3. The molecule has 0 rings (SSSR count). The largest absolute Gasteiger partial charge is 0.268 e. The lowest BCUT2D eigenvalue weighted by Crippen LogP contribution is -2.25. The maximum atomic E-state index is 11.6. The molecule has 0 bridgehead atoms. The van der Waals surface area contributed by atoms with Gasteiger partial charge in [0.05, 0.1) is 23.7 Å². The van der Waals surface area contributed by atoms with Crippen LogP contribution >= 0.6 is 0 Å². The summed E-state index contributed by atoms with van der Waals surface area (Å²) in [7, 11) is -7.69. The fraction of sp³-hybridized carbons (Fsp3) is 1.00. The van der Waals surface area contributed by atoms with Gasteiger partial charge in [-0.3, -0.25) is 8.37 Å². The molecule has 0 heterocycles. The Labute approximate surface area is 123 Å². The normalized spacial score (nSPS) is 16.0. The van der Waals surface area contributed by atoms with Crippen molar-refractivity contribution < 1.29 is 25.2 Å². The Balaban J connectivity index is 4.37. The first kappa shape index (κ1) is 19.8. The van der Waals surface area contributed by atoms with Crippen molar-refractivity contribution >= 4 is 20.2 Å². The van der Waals surface area contributed by atoms with Crippen molar-refractivity contribution in [2.75, 3.05) is 11.5 Å². The lowest BCUT2D eigenvalue weighted by molar-refractivity contribution is 0.213. The topological polar surface area (TPSA) is 86.7 Å². The van der Waals surface area contributed by atoms with Crippen LogP contribution in [0.5, 0.6) is 0 Å². The van der Waals surface area contributed by atoms with Crippen LogP contribution in [0.4, 0.5) is 0 Å². The molecule has 2 unspecified atom stereocenters. The number of hydrogen-bond donors (Lipinski definition) is 0. The van der Waals surface area contributed by atoms with Gasteiger partial charge in [0.1, 0.15) is 0 Å². The molecule has 8 heteroatoms. The minimum absolute atomic E-state index is 0.437. The molecule has 2 atom stereocenters. The van der Waals surface area contributed by atoms with Crippen molar-refractivity contribution in [3.63, 3.8) is 0 Å². The average molecular weight is 330 g/mol. The summed E-state index contributed by atoms with van der Waals surface area (Å²) in [6.45, 7) is 7.13. The fourth-order valence-electron chi connectivity index (χ4n) is 1.71. The van der Waals surface area contributed by atoms with E-state index >= 15 is 0 Å². The summed E-state index contributed by atoms with van der Waals surface area (Å²) < 4.78 is 56.3. The molecule has 6 nitrogen and oxygen atoms in total. The Hall–Kier alpha value is -0.180. The smallest absolute Gasteiger partial charge is 0.267 e. The lowest BCUT2D eigenvalue weighted by Gasteiger charge is -2.14. The van der Waals surface area contributed by atoms with Crippen molar-refractivity contribution in [3.05, 3.63) is 0 Å². The summed E-state index contributed by atoms with van der Waals surface area (Å²) >= 11 is 0. The summed E-state index contributed by atoms with van der Waals surface area (Å²) in [5, 5.41) is 0. The Kier molecular flexibility index (Phi) is 8.88. The van der Waals surface area contributed by atoms with Crippen molar-refractivity contribution in [3.8, 4) is 0 Å². The van der Waals surface area contributed by atoms with Crippen LogP contribution in [-0.2, 0) is 28.6 Å². The number of rotatable bonds is 11. The standard InChI is InChI=1S/C12H26O6S2/c1-5-7-11(3)17-19(13,14)9-10-20(15,16)18-12(4)8-6-2/h11-12H,5-10H2,1-4H3. The maximum Gasteiger partial charge on any atom is 0.268 e. The summed E-state index contributed by atoms with van der Waals surface area (Å²) in [6.07, 6.45) is 1.94. The third-order valence-corrected chi connectivity index (χ3v) is 5.51. The molecule has 0 saturated heterocycles. The van der Waals surface area contributed by atoms with E-state index in [1.165, 1.54) is 0 Å². The van der Waals surface area contributed by atoms with E-state index in [-0.39, 0.29) is 0 Å². The van der Waals surface area contributed by atoms with Crippen LogP contribution in [0.25, 0.3) is 0 Å². The van der Waals surface area contributed by atoms with Gasteiger partial charge in [0, 0.05) is 0 Å². The Morgan fingerprint density at radius 2 is 1.05 bits per heavy atom. The van der Waals surface area contributed by atoms with E-state index in [2.05, 4.69) is 0 Å². The monoisotopic (exact) mass is 330 g/mol. The highest BCUT2D eigenvalue weighted by Crippen LogP contribution is 2.10. The second kappa shape index (κ2) is 8.96. The third-order valence-electron chi connectivity index (χ3n) is 2.60. The minimum Gasteiger partial charge on any atom is -0.267 e. The van der Waals surface area contributed by atoms with E-state index in [9.17, 15) is 16.8 Å². The second-order valence-electron chi connectivity index (χ2n) is 4.91. The first-order valence-corrected chi connectivity index (χ1v) is 10.1. The first-order valence-electron chi connectivity index (χ1n) is 6.93. The molecular formula is C12H26O6S2. The molecule has 0 fully saturated rings. The van der Waals surface area contributed by atoms with E-state index in [0.717, 1.165) is 12.8 Å². The molecule has 0 saturated carbocycles. The average Bonchev–Trinajstić information content (AvgIpc) is 2.26. The Bertz CT molecular complexity index is 410. The van der Waals surface area contributed by atoms with Gasteiger partial charge in [-0.15, -0.1) is 0 Å². The SMILES string of the molecule is CCCC(C)OS(=O)(=O)CCS(=O)(=O)OC(C)CCC. The van der Waals surface area contributed by atoms with Gasteiger partial charge in [0.15, 0.2) is 0 Å². The van der Waals surface area contributed by atoms with Crippen LogP contribution < -0.4 is 0 Å². The molecule has 0 aliphatic heterocycles. The highest BCUT2D eigenvalue weighted by Gasteiger charge is 2.22. The lowest BCUT2D eigenvalue weighted by atomic mass is 10.2. The van der Waals surface area contributed by atoms with Crippen molar-refractivity contribution in [2.24, 2.45) is 0 Å². The van der Waals surface area contributed by atoms with Gasteiger partial charge in [0.2, 0.25) is 0 Å². The van der Waals surface area contributed by atoms with E-state index < -0.39 is 43.9 Å². The van der Waals surface area contributed by atoms with Gasteiger partial charge in [-0.2, -0.15) is 16.8 Å². The second-order valence-corrected chi connectivity index (χ2v) is 8.35. The van der Waals surface area contributed by atoms with E-state index in [4.69, 9.17) is 8.37 Å². The van der Waals surface area contributed by atoms with Crippen molar-refractivity contribution in [1.29, 1.82) is 0 Å². The Morgan fingerprint density at radius 1 is 0.750 bits per heavy atom. The van der Waals surface area contributed by atoms with Crippen LogP contribution in [-0.4, -0.2) is 40.5 Å². The van der Waals surface area contributed by atoms with Crippen LogP contribution in [0.1, 0.15) is 53.4 Å². The minimum atomic E-state index is -3.84. The van der Waals surface area contributed by atoms with Crippen molar-refractivity contribution in [2.45, 2.75) is 65.6 Å². The first-order chi connectivity index (χ1) is 9.12. The van der Waals surface area contributed by atoms with Crippen molar-refractivity contribution in [1.82, 2.24) is 0 Å². The van der Waals surface area contributed by atoms with Gasteiger partial charge < -0.3 is 0 Å². The summed E-state index contributed by atoms with van der Waals surface area (Å²) in [5.41, 5.74) is 0. The molecule has 0 aromatic carbocycles. The van der Waals surface area contributed by atoms with Gasteiger partial charge in [-0.1, -0.05) is 26.7 Å². The molecule has 0 aromatic rings. The maximum absolute atomic E-state index is 11.6. The van der Waals surface area contributed by atoms with E-state index in [1.807, 2.05) is 13.8 Å². The van der Waals surface area contributed by atoms with Gasteiger partial charge in [-0.05, 0) is 26.7 Å². The molecule has 0 amide bonds. The summed E-state index contributed by atoms with van der Waals surface area (Å²) in [4.78, 5) is 0. The van der Waals surface area contributed by atoms with Crippen LogP contribution in [0.3, 0.4) is 0 Å². The molecule has 0 radical (unpaired) electrons. The fourth-order valence-corrected chi connectivity index (χ4v) is 4.73. The quantitative estimate of drug-likeness (QED) is 0.539. The van der Waals surface area contributed by atoms with Crippen LogP contribution in [0, 0.1) is 0 Å². The molecule has 0 N–H and O–H groups in total. The summed E-state index contributed by atoms with van der Waals surface area (Å²) in [6, 6.07) is 0. The third kappa shape index (κ3) is 9.68. The number of hydrogen-bond acceptors (Lipinski definition) is 6. The van der Waals surface area contributed by atoms with Gasteiger partial charge >= 0.3 is 0 Å². The molecule has 0 aromatic heterocycles. The molecule has 0 spiro atoms. The van der Waals surface area contributed by atoms with Gasteiger partial charge in [-0.25, -0.2) is 0 Å². The van der Waals surface area contributed by atoms with Gasteiger partial charge in [0.25, 0.3) is 20.2 Å². The molecule has 20 heavy (non-hydrogen) atoms. The predicted molar refractivity (Wildman–Crippen MR) is 78.5 cm³/mol. The zero-order chi connectivity index (χ0) is 15.8. The van der Waals surface area contributed by atoms with E-state index in [1.54, 1.807) is 13.8 Å². The Morgan fingerprint density at radius 3 is 1.30 bits per heavy atom. The molecule has 0 aliphatic carbocycles. The molecule has 122 valence electrons. The molecular weight excluding hydrogens is 304 g/mol. The predicted octanol–water partition coefficient (Wildman–Crippen LogP) is 2.06. The highest BCUT2D eigenvalue weighted by molar-refractivity contribution is 7.90. The molecule has 0 aliphatic rings. The zero-order valence-electron chi connectivity index (χ0n) is 12.7. The van der Waals surface area contributed by atoms with Crippen LogP contribution in [0.15, 0.2) is 0 Å². The van der Waals surface area contributed by atoms with E-state index in [0.29, 0.717) is 12.8 Å². The summed E-state index contributed by atoms with van der Waals surface area (Å²) in [5.74, 6) is -1.16. The van der Waals surface area contributed by atoms with Crippen LogP contribution in [0.2, 0.25) is 0 Å². The highest BCUT2D eigenvalue weighted by atomic mass is 32.2.